The minimum atomic E-state index is -4.10. The number of rotatable bonds is 7. The fraction of sp³-hybridized carbons (Fsp3) is 0.160. The molecule has 0 atom stereocenters. The number of H-pyrrole nitrogens is 1. The third-order valence-corrected chi connectivity index (χ3v) is 7.80. The Bertz CT molecular complexity index is 1580. The third-order valence-electron chi connectivity index (χ3n) is 5.73. The summed E-state index contributed by atoms with van der Waals surface area (Å²) in [4.78, 5) is 14.2. The molecule has 0 aliphatic heterocycles. The topological polar surface area (TPSA) is 108 Å². The van der Waals surface area contributed by atoms with E-state index < -0.39 is 16.0 Å². The fourth-order valence-corrected chi connectivity index (χ4v) is 5.70. The number of ether oxygens (including phenoxy) is 1. The van der Waals surface area contributed by atoms with Gasteiger partial charge in [0.05, 0.1) is 11.4 Å². The summed E-state index contributed by atoms with van der Waals surface area (Å²) in [6.07, 6.45) is -0.103. The highest BCUT2D eigenvalue weighted by Crippen LogP contribution is 2.40. The number of nitrogens with one attached hydrogen (secondary N) is 2. The fourth-order valence-electron chi connectivity index (χ4n) is 3.83. The van der Waals surface area contributed by atoms with Crippen LogP contribution in [0.2, 0.25) is 10.0 Å². The molecule has 1 heterocycles. The molecule has 0 spiro atoms. The van der Waals surface area contributed by atoms with Gasteiger partial charge in [-0.3, -0.25) is 9.52 Å². The van der Waals surface area contributed by atoms with Crippen LogP contribution < -0.4 is 9.46 Å². The molecule has 0 saturated carbocycles. The molecule has 0 radical (unpaired) electrons. The maximum atomic E-state index is 13.3. The standard InChI is InChI=1S/C25H22Cl2N2O5S/c1-13-10-18-20(28-13)6-8-22(34-21-7-4-16(11-24(30)31)14(2)15(21)3)25(18)29-35(32,33)23-9-5-17(26)12-19(23)27/h4-10,12,28-29H,11H2,1-3H3,(H,30,31). The summed E-state index contributed by atoms with van der Waals surface area (Å²) >= 11 is 12.1. The maximum Gasteiger partial charge on any atom is 0.307 e. The number of aromatic amines is 1. The number of aromatic nitrogens is 1. The quantitative estimate of drug-likeness (QED) is 0.247. The van der Waals surface area contributed by atoms with Crippen molar-refractivity contribution in [1.82, 2.24) is 4.98 Å². The normalized spacial score (nSPS) is 11.6. The van der Waals surface area contributed by atoms with Crippen LogP contribution in [0.1, 0.15) is 22.4 Å². The van der Waals surface area contributed by atoms with Gasteiger partial charge in [-0.2, -0.15) is 0 Å². The second-order valence-electron chi connectivity index (χ2n) is 8.18. The van der Waals surface area contributed by atoms with E-state index in [1.807, 2.05) is 26.8 Å². The molecule has 7 nitrogen and oxygen atoms in total. The minimum absolute atomic E-state index is 0.00891. The van der Waals surface area contributed by atoms with E-state index in [1.54, 1.807) is 24.3 Å². The zero-order valence-corrected chi connectivity index (χ0v) is 21.4. The lowest BCUT2D eigenvalue weighted by atomic mass is 10.00. The van der Waals surface area contributed by atoms with Crippen LogP contribution in [0.3, 0.4) is 0 Å². The van der Waals surface area contributed by atoms with Crippen LogP contribution in [0.25, 0.3) is 10.9 Å². The maximum absolute atomic E-state index is 13.3. The molecule has 0 amide bonds. The molecule has 0 unspecified atom stereocenters. The number of carboxylic acids is 1. The molecule has 0 saturated heterocycles. The van der Waals surface area contributed by atoms with Crippen molar-refractivity contribution < 1.29 is 23.1 Å². The first-order valence-corrected chi connectivity index (χ1v) is 12.8. The van der Waals surface area contributed by atoms with Crippen LogP contribution in [0.15, 0.2) is 53.4 Å². The average Bonchev–Trinajstić information content (AvgIpc) is 3.15. The number of aliphatic carboxylic acids is 1. The van der Waals surface area contributed by atoms with Gasteiger partial charge in [-0.15, -0.1) is 0 Å². The molecule has 35 heavy (non-hydrogen) atoms. The lowest BCUT2D eigenvalue weighted by molar-refractivity contribution is -0.136. The Morgan fingerprint density at radius 3 is 2.40 bits per heavy atom. The zero-order chi connectivity index (χ0) is 25.5. The van der Waals surface area contributed by atoms with Gasteiger partial charge in [0.25, 0.3) is 10.0 Å². The van der Waals surface area contributed by atoms with Crippen molar-refractivity contribution in [2.24, 2.45) is 0 Å². The Kier molecular flexibility index (Phi) is 6.73. The average molecular weight is 533 g/mol. The predicted molar refractivity (Wildman–Crippen MR) is 138 cm³/mol. The Labute approximate surface area is 212 Å². The molecule has 1 aromatic heterocycles. The molecular formula is C25H22Cl2N2O5S. The van der Waals surface area contributed by atoms with Crippen LogP contribution >= 0.6 is 23.2 Å². The van der Waals surface area contributed by atoms with Gasteiger partial charge < -0.3 is 14.8 Å². The lowest BCUT2D eigenvalue weighted by Crippen LogP contribution is -2.14. The van der Waals surface area contributed by atoms with Gasteiger partial charge in [-0.05, 0) is 79.9 Å². The van der Waals surface area contributed by atoms with E-state index in [-0.39, 0.29) is 27.8 Å². The minimum Gasteiger partial charge on any atom is -0.481 e. The van der Waals surface area contributed by atoms with Crippen molar-refractivity contribution in [2.75, 3.05) is 4.72 Å². The molecule has 4 rings (SSSR count). The second-order valence-corrected chi connectivity index (χ2v) is 10.7. The zero-order valence-electron chi connectivity index (χ0n) is 19.1. The summed E-state index contributed by atoms with van der Waals surface area (Å²) in [5.41, 5.74) is 4.02. The number of carbonyl (C=O) groups is 1. The number of fused-ring (bicyclic) bond motifs is 1. The van der Waals surface area contributed by atoms with Crippen molar-refractivity contribution in [3.8, 4) is 11.5 Å². The summed E-state index contributed by atoms with van der Waals surface area (Å²) in [7, 11) is -4.10. The SMILES string of the molecule is Cc1cc2c(NS(=O)(=O)c3ccc(Cl)cc3Cl)c(Oc3ccc(CC(=O)O)c(C)c3C)ccc2[nH]1. The van der Waals surface area contributed by atoms with Crippen LogP contribution in [0.4, 0.5) is 5.69 Å². The largest absolute Gasteiger partial charge is 0.481 e. The molecule has 0 aliphatic carbocycles. The highest BCUT2D eigenvalue weighted by atomic mass is 35.5. The van der Waals surface area contributed by atoms with Crippen molar-refractivity contribution in [3.05, 3.63) is 81.0 Å². The molecule has 10 heteroatoms. The first-order chi connectivity index (χ1) is 16.5. The highest BCUT2D eigenvalue weighted by molar-refractivity contribution is 7.92. The van der Waals surface area contributed by atoms with E-state index in [2.05, 4.69) is 9.71 Å². The van der Waals surface area contributed by atoms with E-state index in [0.29, 0.717) is 21.7 Å². The molecule has 0 bridgehead atoms. The summed E-state index contributed by atoms with van der Waals surface area (Å²) in [6, 6.07) is 12.8. The van der Waals surface area contributed by atoms with Gasteiger partial charge in [0.1, 0.15) is 16.3 Å². The Morgan fingerprint density at radius 1 is 1.00 bits per heavy atom. The Balaban J connectivity index is 1.81. The van der Waals surface area contributed by atoms with Crippen molar-refractivity contribution in [2.45, 2.75) is 32.1 Å². The summed E-state index contributed by atoms with van der Waals surface area (Å²) in [5.74, 6) is -0.168. The van der Waals surface area contributed by atoms with Gasteiger partial charge in [0.15, 0.2) is 5.75 Å². The number of hydrogen-bond acceptors (Lipinski definition) is 4. The second kappa shape index (κ2) is 9.45. The smallest absolute Gasteiger partial charge is 0.307 e. The van der Waals surface area contributed by atoms with E-state index in [0.717, 1.165) is 22.3 Å². The number of aryl methyl sites for hydroxylation is 1. The number of benzene rings is 3. The predicted octanol–water partition coefficient (Wildman–Crippen LogP) is 6.62. The Hall–Kier alpha value is -3.20. The summed E-state index contributed by atoms with van der Waals surface area (Å²) in [5, 5.41) is 10.1. The highest BCUT2D eigenvalue weighted by Gasteiger charge is 2.23. The first kappa shape index (κ1) is 24.9. The summed E-state index contributed by atoms with van der Waals surface area (Å²) < 4.78 is 35.4. The van der Waals surface area contributed by atoms with Crippen molar-refractivity contribution >= 4 is 55.8 Å². The van der Waals surface area contributed by atoms with E-state index in [9.17, 15) is 13.2 Å². The van der Waals surface area contributed by atoms with Crippen molar-refractivity contribution in [1.29, 1.82) is 0 Å². The Morgan fingerprint density at radius 2 is 1.71 bits per heavy atom. The van der Waals surface area contributed by atoms with Crippen molar-refractivity contribution in [3.63, 3.8) is 0 Å². The third kappa shape index (κ3) is 5.10. The molecule has 0 aliphatic rings. The van der Waals surface area contributed by atoms with Gasteiger partial charge in [-0.1, -0.05) is 29.3 Å². The van der Waals surface area contributed by atoms with Crippen LogP contribution in [0.5, 0.6) is 11.5 Å². The van der Waals surface area contributed by atoms with Gasteiger partial charge in [-0.25, -0.2) is 8.42 Å². The van der Waals surface area contributed by atoms with E-state index in [1.165, 1.54) is 18.2 Å². The van der Waals surface area contributed by atoms with Gasteiger partial charge >= 0.3 is 5.97 Å². The van der Waals surface area contributed by atoms with E-state index >= 15 is 0 Å². The molecular weight excluding hydrogens is 511 g/mol. The monoisotopic (exact) mass is 532 g/mol. The van der Waals surface area contributed by atoms with Crippen LogP contribution in [-0.2, 0) is 21.2 Å². The number of anilines is 1. The number of hydrogen-bond donors (Lipinski definition) is 3. The molecule has 182 valence electrons. The van der Waals surface area contributed by atoms with Gasteiger partial charge in [0.2, 0.25) is 0 Å². The molecule has 4 aromatic rings. The summed E-state index contributed by atoms with van der Waals surface area (Å²) in [6.45, 7) is 5.52. The van der Waals surface area contributed by atoms with Gasteiger partial charge in [0, 0.05) is 21.6 Å². The molecule has 3 N–H and O–H groups in total. The lowest BCUT2D eigenvalue weighted by Gasteiger charge is -2.18. The number of halogens is 2. The van der Waals surface area contributed by atoms with E-state index in [4.69, 9.17) is 33.0 Å². The number of sulfonamides is 1. The van der Waals surface area contributed by atoms with Crippen LogP contribution in [-0.4, -0.2) is 24.5 Å². The number of carboxylic acid groups (broad SMARTS) is 1. The van der Waals surface area contributed by atoms with Crippen LogP contribution in [0, 0.1) is 20.8 Å². The first-order valence-electron chi connectivity index (χ1n) is 10.5. The molecule has 3 aromatic carbocycles. The molecule has 0 fully saturated rings.